The summed E-state index contributed by atoms with van der Waals surface area (Å²) in [5, 5.41) is 8.85. The molecule has 19 heavy (non-hydrogen) atoms. The number of hydrogen-bond acceptors (Lipinski definition) is 3. The number of carboxylic acid groups (broad SMARTS) is 1. The number of rotatable bonds is 6. The molecule has 0 saturated carbocycles. The van der Waals surface area contributed by atoms with Crippen LogP contribution in [0.25, 0.3) is 0 Å². The van der Waals surface area contributed by atoms with Crippen LogP contribution in [0.1, 0.15) is 19.4 Å². The Hall–Kier alpha value is -1.40. The van der Waals surface area contributed by atoms with E-state index in [9.17, 15) is 13.2 Å². The maximum absolute atomic E-state index is 12.4. The van der Waals surface area contributed by atoms with Gasteiger partial charge in [0, 0.05) is 6.54 Å². The molecule has 0 spiro atoms. The number of benzene rings is 1. The largest absolute Gasteiger partial charge is 0.480 e. The highest BCUT2D eigenvalue weighted by atomic mass is 32.2. The van der Waals surface area contributed by atoms with Crippen molar-refractivity contribution in [3.05, 3.63) is 29.8 Å². The predicted molar refractivity (Wildman–Crippen MR) is 72.4 cm³/mol. The Morgan fingerprint density at radius 1 is 1.26 bits per heavy atom. The molecule has 0 radical (unpaired) electrons. The Kier molecular flexibility index (Phi) is 5.08. The van der Waals surface area contributed by atoms with Crippen LogP contribution in [0, 0.1) is 12.8 Å². The van der Waals surface area contributed by atoms with E-state index in [1.54, 1.807) is 12.1 Å². The Bertz CT molecular complexity index is 534. The van der Waals surface area contributed by atoms with Crippen molar-refractivity contribution in [3.63, 3.8) is 0 Å². The van der Waals surface area contributed by atoms with Crippen molar-refractivity contribution in [2.24, 2.45) is 5.92 Å². The summed E-state index contributed by atoms with van der Waals surface area (Å²) in [6, 6.07) is 6.39. The Balaban J connectivity index is 3.11. The van der Waals surface area contributed by atoms with Gasteiger partial charge in [0.1, 0.15) is 6.54 Å². The first-order valence-corrected chi connectivity index (χ1v) is 7.46. The van der Waals surface area contributed by atoms with Crippen LogP contribution in [0.15, 0.2) is 29.2 Å². The van der Waals surface area contributed by atoms with Crippen molar-refractivity contribution >= 4 is 16.0 Å². The van der Waals surface area contributed by atoms with E-state index in [4.69, 9.17) is 5.11 Å². The molecule has 1 aromatic carbocycles. The molecular weight excluding hydrogens is 266 g/mol. The first kappa shape index (κ1) is 15.7. The number of hydrogen-bond donors (Lipinski definition) is 1. The first-order valence-electron chi connectivity index (χ1n) is 6.02. The zero-order valence-electron chi connectivity index (χ0n) is 11.3. The van der Waals surface area contributed by atoms with Crippen LogP contribution >= 0.6 is 0 Å². The second-order valence-electron chi connectivity index (χ2n) is 4.90. The van der Waals surface area contributed by atoms with Crippen LogP contribution in [0.2, 0.25) is 0 Å². The molecule has 0 fully saturated rings. The van der Waals surface area contributed by atoms with Gasteiger partial charge in [-0.15, -0.1) is 0 Å². The van der Waals surface area contributed by atoms with E-state index >= 15 is 0 Å². The minimum atomic E-state index is -3.76. The van der Waals surface area contributed by atoms with Crippen molar-refractivity contribution in [2.75, 3.05) is 13.1 Å². The molecule has 0 aliphatic heterocycles. The minimum Gasteiger partial charge on any atom is -0.480 e. The van der Waals surface area contributed by atoms with Gasteiger partial charge in [0.05, 0.1) is 4.90 Å². The molecule has 0 amide bonds. The maximum atomic E-state index is 12.4. The highest BCUT2D eigenvalue weighted by Crippen LogP contribution is 2.17. The lowest BCUT2D eigenvalue weighted by molar-refractivity contribution is -0.137. The smallest absolute Gasteiger partial charge is 0.318 e. The third-order valence-corrected chi connectivity index (χ3v) is 4.37. The number of aryl methyl sites for hydroxylation is 1. The number of carboxylic acids is 1. The lowest BCUT2D eigenvalue weighted by atomic mass is 10.2. The van der Waals surface area contributed by atoms with E-state index in [0.717, 1.165) is 9.87 Å². The van der Waals surface area contributed by atoms with Crippen LogP contribution in [0.5, 0.6) is 0 Å². The number of sulfonamides is 1. The highest BCUT2D eigenvalue weighted by Gasteiger charge is 2.26. The molecule has 0 atom stereocenters. The summed E-state index contributed by atoms with van der Waals surface area (Å²) in [6.45, 7) is 5.22. The topological polar surface area (TPSA) is 74.7 Å². The molecule has 1 aromatic rings. The standard InChI is InChI=1S/C13H19NO4S/c1-10(2)8-14(9-13(15)16)19(17,18)12-6-4-11(3)5-7-12/h4-7,10H,8-9H2,1-3H3,(H,15,16). The maximum Gasteiger partial charge on any atom is 0.318 e. The summed E-state index contributed by atoms with van der Waals surface area (Å²) >= 11 is 0. The van der Waals surface area contributed by atoms with E-state index in [-0.39, 0.29) is 17.4 Å². The molecule has 0 bridgehead atoms. The van der Waals surface area contributed by atoms with Gasteiger partial charge in [-0.05, 0) is 25.0 Å². The monoisotopic (exact) mass is 285 g/mol. The molecule has 0 unspecified atom stereocenters. The average Bonchev–Trinajstić information content (AvgIpc) is 2.27. The van der Waals surface area contributed by atoms with E-state index in [1.807, 2.05) is 20.8 Å². The van der Waals surface area contributed by atoms with Gasteiger partial charge in [-0.3, -0.25) is 4.79 Å². The quantitative estimate of drug-likeness (QED) is 0.863. The molecule has 6 heteroatoms. The minimum absolute atomic E-state index is 0.0552. The van der Waals surface area contributed by atoms with Crippen molar-refractivity contribution < 1.29 is 18.3 Å². The lowest BCUT2D eigenvalue weighted by Gasteiger charge is -2.22. The van der Waals surface area contributed by atoms with Gasteiger partial charge in [-0.2, -0.15) is 4.31 Å². The van der Waals surface area contributed by atoms with E-state index < -0.39 is 22.5 Å². The third-order valence-electron chi connectivity index (χ3n) is 2.54. The van der Waals surface area contributed by atoms with E-state index in [2.05, 4.69) is 0 Å². The molecule has 106 valence electrons. The molecule has 0 saturated heterocycles. The molecule has 0 aliphatic carbocycles. The van der Waals surface area contributed by atoms with Crippen LogP contribution < -0.4 is 0 Å². The fourth-order valence-corrected chi connectivity index (χ4v) is 3.22. The Morgan fingerprint density at radius 2 is 1.79 bits per heavy atom. The SMILES string of the molecule is Cc1ccc(S(=O)(=O)N(CC(=O)O)CC(C)C)cc1. The van der Waals surface area contributed by atoms with Gasteiger partial charge in [-0.25, -0.2) is 8.42 Å². The predicted octanol–water partition coefficient (Wildman–Crippen LogP) is 1.73. The third kappa shape index (κ3) is 4.33. The zero-order chi connectivity index (χ0) is 14.6. The van der Waals surface area contributed by atoms with Gasteiger partial charge in [-0.1, -0.05) is 31.5 Å². The normalized spacial score (nSPS) is 12.1. The molecule has 0 aliphatic rings. The molecule has 1 rings (SSSR count). The summed E-state index contributed by atoms with van der Waals surface area (Å²) in [5.74, 6) is -1.10. The first-order chi connectivity index (χ1) is 8.73. The van der Waals surface area contributed by atoms with Gasteiger partial charge in [0.15, 0.2) is 0 Å². The fourth-order valence-electron chi connectivity index (χ4n) is 1.67. The van der Waals surface area contributed by atoms with Crippen LogP contribution in [0.4, 0.5) is 0 Å². The second kappa shape index (κ2) is 6.16. The summed E-state index contributed by atoms with van der Waals surface area (Å²) in [4.78, 5) is 10.9. The molecular formula is C13H19NO4S. The van der Waals surface area contributed by atoms with Crippen LogP contribution in [0.3, 0.4) is 0 Å². The molecule has 1 N–H and O–H groups in total. The zero-order valence-corrected chi connectivity index (χ0v) is 12.1. The molecule has 0 heterocycles. The second-order valence-corrected chi connectivity index (χ2v) is 6.84. The van der Waals surface area contributed by atoms with Crippen LogP contribution in [-0.4, -0.2) is 36.9 Å². The summed E-state index contributed by atoms with van der Waals surface area (Å²) in [5.41, 5.74) is 0.951. The van der Waals surface area contributed by atoms with Gasteiger partial charge < -0.3 is 5.11 Å². The van der Waals surface area contributed by atoms with E-state index in [0.29, 0.717) is 0 Å². The fraction of sp³-hybridized carbons (Fsp3) is 0.462. The Morgan fingerprint density at radius 3 is 2.21 bits per heavy atom. The van der Waals surface area contributed by atoms with Gasteiger partial charge in [0.2, 0.25) is 10.0 Å². The van der Waals surface area contributed by atoms with Crippen molar-refractivity contribution in [3.8, 4) is 0 Å². The van der Waals surface area contributed by atoms with E-state index in [1.165, 1.54) is 12.1 Å². The number of nitrogens with zero attached hydrogens (tertiary/aromatic N) is 1. The van der Waals surface area contributed by atoms with Crippen molar-refractivity contribution in [1.82, 2.24) is 4.31 Å². The van der Waals surface area contributed by atoms with Crippen molar-refractivity contribution in [1.29, 1.82) is 0 Å². The summed E-state index contributed by atoms with van der Waals surface area (Å²) in [6.07, 6.45) is 0. The van der Waals surface area contributed by atoms with Gasteiger partial charge >= 0.3 is 5.97 Å². The van der Waals surface area contributed by atoms with Crippen molar-refractivity contribution in [2.45, 2.75) is 25.7 Å². The molecule has 0 aromatic heterocycles. The average molecular weight is 285 g/mol. The summed E-state index contributed by atoms with van der Waals surface area (Å²) < 4.78 is 25.8. The number of aliphatic carboxylic acids is 1. The number of carbonyl (C=O) groups is 1. The summed E-state index contributed by atoms with van der Waals surface area (Å²) in [7, 11) is -3.76. The molecule has 5 nitrogen and oxygen atoms in total. The van der Waals surface area contributed by atoms with Gasteiger partial charge in [0.25, 0.3) is 0 Å². The Labute approximate surface area is 113 Å². The lowest BCUT2D eigenvalue weighted by Crippen LogP contribution is -2.38. The highest BCUT2D eigenvalue weighted by molar-refractivity contribution is 7.89. The van der Waals surface area contributed by atoms with Crippen LogP contribution in [-0.2, 0) is 14.8 Å².